The quantitative estimate of drug-likeness (QED) is 0.432. The summed E-state index contributed by atoms with van der Waals surface area (Å²) < 4.78 is 13.6. The minimum atomic E-state index is -1.13. The van der Waals surface area contributed by atoms with Crippen molar-refractivity contribution in [3.8, 4) is 11.1 Å². The van der Waals surface area contributed by atoms with Crippen LogP contribution >= 0.6 is 0 Å². The molecule has 1 aliphatic rings. The molecule has 0 unspecified atom stereocenters. The van der Waals surface area contributed by atoms with E-state index in [9.17, 15) is 19.4 Å². The molecule has 32 heavy (non-hydrogen) atoms. The van der Waals surface area contributed by atoms with Crippen molar-refractivity contribution >= 4 is 60.7 Å². The van der Waals surface area contributed by atoms with Gasteiger partial charge in [0.2, 0.25) is 0 Å². The van der Waals surface area contributed by atoms with Crippen LogP contribution in [0.2, 0.25) is 0 Å². The van der Waals surface area contributed by atoms with Crippen molar-refractivity contribution < 1.29 is 27.4 Å². The van der Waals surface area contributed by atoms with Gasteiger partial charge in [-0.25, -0.2) is 4.39 Å². The van der Waals surface area contributed by atoms with E-state index in [2.05, 4.69) is 0 Å². The van der Waals surface area contributed by atoms with E-state index in [1.165, 1.54) is 12.1 Å². The Morgan fingerprint density at radius 1 is 1.16 bits per heavy atom. The van der Waals surface area contributed by atoms with Gasteiger partial charge >= 0.3 is 43.7 Å². The second-order valence-corrected chi connectivity index (χ2v) is 8.00. The van der Waals surface area contributed by atoms with E-state index < -0.39 is 24.6 Å². The smallest absolute Gasteiger partial charge is 1.00 e. The summed E-state index contributed by atoms with van der Waals surface area (Å²) in [4.78, 5) is 15.6. The van der Waals surface area contributed by atoms with Crippen LogP contribution < -0.4 is 0 Å². The van der Waals surface area contributed by atoms with Crippen LogP contribution in [0.4, 0.5) is 4.39 Å². The van der Waals surface area contributed by atoms with Crippen LogP contribution in [0.25, 0.3) is 28.1 Å². The van der Waals surface area contributed by atoms with Crippen LogP contribution in [0.3, 0.4) is 0 Å². The number of fused-ring (bicyclic) bond motifs is 1. The first kappa shape index (κ1) is 24.8. The molecule has 0 radical (unpaired) electrons. The summed E-state index contributed by atoms with van der Waals surface area (Å²) in [6, 6.07) is 14.1. The number of carbonyl (C=O) groups is 1. The summed E-state index contributed by atoms with van der Waals surface area (Å²) >= 11 is 0. The van der Waals surface area contributed by atoms with Crippen LogP contribution in [0.1, 0.15) is 45.7 Å². The number of para-hydroxylation sites is 1. The SMILES string of the molecule is O=C(O)C[C@H](O)C[C@@H](O)C=Cc1c(C2CC2)nc2ccccc2c1-c1ccc(F)cc1.[Ca+2].[H-].[H-]. The zero-order chi connectivity index (χ0) is 22.0. The van der Waals surface area contributed by atoms with Gasteiger partial charge in [0.15, 0.2) is 0 Å². The normalized spacial score (nSPS) is 15.5. The summed E-state index contributed by atoms with van der Waals surface area (Å²) in [5.41, 5.74) is 4.43. The number of hydrogen-bond donors (Lipinski definition) is 3. The number of aromatic nitrogens is 1. The van der Waals surface area contributed by atoms with Gasteiger partial charge in [0.05, 0.1) is 29.8 Å². The van der Waals surface area contributed by atoms with Gasteiger partial charge in [-0.05, 0) is 36.6 Å². The van der Waals surface area contributed by atoms with E-state index in [4.69, 9.17) is 10.1 Å². The van der Waals surface area contributed by atoms with Crippen LogP contribution in [0, 0.1) is 5.82 Å². The van der Waals surface area contributed by atoms with Gasteiger partial charge in [-0.1, -0.05) is 42.5 Å². The second-order valence-electron chi connectivity index (χ2n) is 8.00. The molecule has 1 fully saturated rings. The van der Waals surface area contributed by atoms with Crippen LogP contribution in [0.5, 0.6) is 0 Å². The Kier molecular flexibility index (Phi) is 8.42. The number of carboxylic acids is 1. The first-order valence-corrected chi connectivity index (χ1v) is 10.4. The van der Waals surface area contributed by atoms with E-state index >= 15 is 0 Å². The second kappa shape index (κ2) is 10.9. The number of aliphatic hydroxyl groups excluding tert-OH is 2. The number of halogens is 1. The Bertz CT molecular complexity index is 1140. The van der Waals surface area contributed by atoms with Gasteiger partial charge < -0.3 is 18.2 Å². The molecule has 1 aromatic heterocycles. The molecule has 0 aliphatic heterocycles. The standard InChI is InChI=1S/C25H24FNO4.Ca.2H/c26-17-9-7-15(8-10-17)24-20-3-1-2-4-22(20)27-25(16-5-6-16)21(24)12-11-18(28)13-19(29)14-23(30)31;;;/h1-4,7-12,16,18-19,28-29H,5-6,13-14H2,(H,30,31);;;/q;+2;2*-1/t18-,19+;;;/m0.../s1. The molecule has 2 atom stereocenters. The fourth-order valence-corrected chi connectivity index (χ4v) is 3.86. The molecule has 0 saturated heterocycles. The number of nitrogens with zero attached hydrogens (tertiary/aromatic N) is 1. The van der Waals surface area contributed by atoms with Crippen LogP contribution in [-0.2, 0) is 4.79 Å². The number of pyridine rings is 1. The number of benzene rings is 2. The van der Waals surface area contributed by atoms with Crippen molar-refractivity contribution in [1.29, 1.82) is 0 Å². The van der Waals surface area contributed by atoms with Crippen molar-refractivity contribution in [2.45, 2.75) is 43.8 Å². The molecule has 0 spiro atoms. The molecule has 5 nitrogen and oxygen atoms in total. The van der Waals surface area contributed by atoms with E-state index in [1.807, 2.05) is 24.3 Å². The first-order valence-electron chi connectivity index (χ1n) is 10.4. The zero-order valence-electron chi connectivity index (χ0n) is 19.6. The van der Waals surface area contributed by atoms with Crippen molar-refractivity contribution in [3.05, 3.63) is 71.7 Å². The van der Waals surface area contributed by atoms with Crippen molar-refractivity contribution in [1.82, 2.24) is 4.98 Å². The molecule has 7 heteroatoms. The molecule has 1 aliphatic carbocycles. The maximum Gasteiger partial charge on any atom is 2.00 e. The fraction of sp³-hybridized carbons (Fsp3) is 0.280. The van der Waals surface area contributed by atoms with Gasteiger partial charge in [0.25, 0.3) is 0 Å². The third kappa shape index (κ3) is 5.94. The third-order valence-electron chi connectivity index (χ3n) is 5.47. The topological polar surface area (TPSA) is 90.7 Å². The summed E-state index contributed by atoms with van der Waals surface area (Å²) in [5, 5.41) is 29.9. The van der Waals surface area contributed by atoms with Gasteiger partial charge in [-0.3, -0.25) is 9.78 Å². The Morgan fingerprint density at radius 2 is 1.84 bits per heavy atom. The largest absolute Gasteiger partial charge is 2.00 e. The minimum Gasteiger partial charge on any atom is -1.00 e. The number of aliphatic hydroxyl groups is 2. The average molecular weight is 464 g/mol. The number of rotatable bonds is 8. The van der Waals surface area contributed by atoms with Crippen LogP contribution in [0.15, 0.2) is 54.6 Å². The van der Waals surface area contributed by atoms with Crippen molar-refractivity contribution in [2.24, 2.45) is 0 Å². The van der Waals surface area contributed by atoms with E-state index in [0.717, 1.165) is 46.1 Å². The maximum absolute atomic E-state index is 13.6. The van der Waals surface area contributed by atoms with E-state index in [0.29, 0.717) is 5.92 Å². The zero-order valence-corrected chi connectivity index (χ0v) is 19.8. The summed E-state index contributed by atoms with van der Waals surface area (Å²) in [7, 11) is 0. The summed E-state index contributed by atoms with van der Waals surface area (Å²) in [5.74, 6) is -1.10. The predicted molar refractivity (Wildman–Crippen MR) is 125 cm³/mol. The monoisotopic (exact) mass is 463 g/mol. The predicted octanol–water partition coefficient (Wildman–Crippen LogP) is 4.36. The number of hydrogen-bond acceptors (Lipinski definition) is 4. The van der Waals surface area contributed by atoms with E-state index in [-0.39, 0.29) is 52.8 Å². The average Bonchev–Trinajstić information content (AvgIpc) is 3.56. The molecular formula is C25H26CaFNO4. The van der Waals surface area contributed by atoms with Crippen molar-refractivity contribution in [2.75, 3.05) is 0 Å². The van der Waals surface area contributed by atoms with Gasteiger partial charge in [-0.15, -0.1) is 0 Å². The molecular weight excluding hydrogens is 437 g/mol. The van der Waals surface area contributed by atoms with E-state index in [1.54, 1.807) is 24.3 Å². The molecule has 1 heterocycles. The Balaban J connectivity index is 0.00000193. The third-order valence-corrected chi connectivity index (χ3v) is 5.47. The van der Waals surface area contributed by atoms with Crippen LogP contribution in [-0.4, -0.2) is 76.2 Å². The van der Waals surface area contributed by atoms with Gasteiger partial charge in [0.1, 0.15) is 5.82 Å². The minimum absolute atomic E-state index is 0. The molecule has 2 aromatic carbocycles. The Labute approximate surface area is 218 Å². The van der Waals surface area contributed by atoms with Gasteiger partial charge in [-0.2, -0.15) is 0 Å². The molecule has 3 aromatic rings. The summed E-state index contributed by atoms with van der Waals surface area (Å²) in [6.07, 6.45) is 2.80. The fourth-order valence-electron chi connectivity index (χ4n) is 3.86. The van der Waals surface area contributed by atoms with Crippen molar-refractivity contribution in [3.63, 3.8) is 0 Å². The number of carboxylic acid groups (broad SMARTS) is 1. The first-order chi connectivity index (χ1) is 14.9. The molecule has 0 amide bonds. The van der Waals surface area contributed by atoms with Gasteiger partial charge in [0, 0.05) is 28.9 Å². The number of aliphatic carboxylic acids is 1. The molecule has 1 saturated carbocycles. The molecule has 4 rings (SSSR count). The Morgan fingerprint density at radius 3 is 2.50 bits per heavy atom. The molecule has 3 N–H and O–H groups in total. The maximum atomic E-state index is 13.6. The molecule has 164 valence electrons. The molecule has 0 bridgehead atoms. The summed E-state index contributed by atoms with van der Waals surface area (Å²) in [6.45, 7) is 0. The Hall–Kier alpha value is -1.83.